The number of benzene rings is 1. The van der Waals surface area contributed by atoms with E-state index >= 15 is 0 Å². The van der Waals surface area contributed by atoms with E-state index in [2.05, 4.69) is 43.4 Å². The van der Waals surface area contributed by atoms with E-state index in [9.17, 15) is 0 Å². The van der Waals surface area contributed by atoms with Crippen molar-refractivity contribution in [2.24, 2.45) is 11.0 Å². The summed E-state index contributed by atoms with van der Waals surface area (Å²) in [5.74, 6) is 0.493. The van der Waals surface area contributed by atoms with Gasteiger partial charge < -0.3 is 0 Å². The fourth-order valence-electron chi connectivity index (χ4n) is 0.910. The molecule has 0 aromatic heterocycles. The lowest BCUT2D eigenvalue weighted by atomic mass is 10.1. The van der Waals surface area contributed by atoms with Crippen LogP contribution in [0.4, 0.5) is 5.69 Å². The molecule has 2 nitrogen and oxygen atoms in total. The number of anilines is 1. The summed E-state index contributed by atoms with van der Waals surface area (Å²) >= 11 is 0. The maximum atomic E-state index is 4.29. The van der Waals surface area contributed by atoms with Crippen LogP contribution < -0.4 is 5.43 Å². The van der Waals surface area contributed by atoms with Gasteiger partial charge in [0.2, 0.25) is 0 Å². The van der Waals surface area contributed by atoms with Crippen LogP contribution in [0.25, 0.3) is 0 Å². The van der Waals surface area contributed by atoms with Crippen molar-refractivity contribution in [3.05, 3.63) is 29.8 Å². The van der Waals surface area contributed by atoms with Crippen LogP contribution in [0.15, 0.2) is 29.4 Å². The van der Waals surface area contributed by atoms with Crippen LogP contribution in [0.3, 0.4) is 0 Å². The van der Waals surface area contributed by atoms with Crippen LogP contribution in [0.5, 0.6) is 0 Å². The Balaban J connectivity index is 2.62. The second-order valence-corrected chi connectivity index (χ2v) is 3.89. The summed E-state index contributed by atoms with van der Waals surface area (Å²) in [6.07, 6.45) is 0. The molecular formula is C12H18N2. The summed E-state index contributed by atoms with van der Waals surface area (Å²) in [6, 6.07) is 8.21. The lowest BCUT2D eigenvalue weighted by Gasteiger charge is -2.05. The molecule has 14 heavy (non-hydrogen) atoms. The highest BCUT2D eigenvalue weighted by Crippen LogP contribution is 2.08. The molecule has 0 heterocycles. The Labute approximate surface area is 86.0 Å². The molecule has 0 atom stereocenters. The number of rotatable bonds is 3. The fourth-order valence-corrected chi connectivity index (χ4v) is 0.910. The summed E-state index contributed by atoms with van der Waals surface area (Å²) in [4.78, 5) is 0. The van der Waals surface area contributed by atoms with Gasteiger partial charge in [-0.3, -0.25) is 5.43 Å². The highest BCUT2D eigenvalue weighted by atomic mass is 15.3. The number of hydrogen-bond acceptors (Lipinski definition) is 2. The number of hydrogen-bond donors (Lipinski definition) is 1. The van der Waals surface area contributed by atoms with Crippen LogP contribution in [-0.2, 0) is 0 Å². The molecule has 0 aliphatic heterocycles. The van der Waals surface area contributed by atoms with Crippen molar-refractivity contribution in [3.8, 4) is 0 Å². The number of nitrogens with zero attached hydrogens (tertiary/aromatic N) is 1. The molecule has 0 aliphatic carbocycles. The largest absolute Gasteiger partial charge is 0.279 e. The minimum Gasteiger partial charge on any atom is -0.279 e. The predicted molar refractivity (Wildman–Crippen MR) is 62.7 cm³/mol. The molecule has 0 radical (unpaired) electrons. The highest BCUT2D eigenvalue weighted by Gasteiger charge is 1.96. The average molecular weight is 190 g/mol. The predicted octanol–water partition coefficient (Wildman–Crippen LogP) is 3.44. The lowest BCUT2D eigenvalue weighted by Crippen LogP contribution is -2.04. The Bertz CT molecular complexity index is 310. The average Bonchev–Trinajstić information content (AvgIpc) is 2.16. The second-order valence-electron chi connectivity index (χ2n) is 3.89. The molecule has 0 aliphatic rings. The molecule has 0 amide bonds. The standard InChI is InChI=1S/C12H18N2/c1-9(2)11(4)13-14-12-7-5-10(3)6-8-12/h5-9,14H,1-4H3. The van der Waals surface area contributed by atoms with Crippen molar-refractivity contribution in [2.45, 2.75) is 27.7 Å². The molecule has 0 fully saturated rings. The SMILES string of the molecule is CC(=NNc1ccc(C)cc1)C(C)C. The molecule has 0 spiro atoms. The van der Waals surface area contributed by atoms with Gasteiger partial charge in [-0.1, -0.05) is 31.5 Å². The minimum atomic E-state index is 0.493. The van der Waals surface area contributed by atoms with E-state index in [1.54, 1.807) is 0 Å². The van der Waals surface area contributed by atoms with Crippen molar-refractivity contribution >= 4 is 11.4 Å². The van der Waals surface area contributed by atoms with Crippen molar-refractivity contribution in [2.75, 3.05) is 5.43 Å². The Morgan fingerprint density at radius 3 is 2.29 bits per heavy atom. The Kier molecular flexibility index (Phi) is 3.69. The fraction of sp³-hybridized carbons (Fsp3) is 0.417. The Morgan fingerprint density at radius 2 is 1.79 bits per heavy atom. The van der Waals surface area contributed by atoms with E-state index in [1.165, 1.54) is 5.56 Å². The molecule has 1 rings (SSSR count). The zero-order chi connectivity index (χ0) is 10.6. The lowest BCUT2D eigenvalue weighted by molar-refractivity contribution is 0.874. The van der Waals surface area contributed by atoms with Gasteiger partial charge in [0.15, 0.2) is 0 Å². The van der Waals surface area contributed by atoms with E-state index in [1.807, 2.05) is 19.1 Å². The maximum absolute atomic E-state index is 4.29. The Hall–Kier alpha value is -1.31. The molecule has 0 unspecified atom stereocenters. The molecule has 2 heteroatoms. The third-order valence-electron chi connectivity index (χ3n) is 2.25. The first kappa shape index (κ1) is 10.8. The van der Waals surface area contributed by atoms with E-state index < -0.39 is 0 Å². The van der Waals surface area contributed by atoms with Gasteiger partial charge in [0, 0.05) is 5.71 Å². The topological polar surface area (TPSA) is 24.4 Å². The molecule has 1 aromatic rings. The summed E-state index contributed by atoms with van der Waals surface area (Å²) < 4.78 is 0. The van der Waals surface area contributed by atoms with Crippen LogP contribution in [0.1, 0.15) is 26.3 Å². The quantitative estimate of drug-likeness (QED) is 0.573. The summed E-state index contributed by atoms with van der Waals surface area (Å²) in [5, 5.41) is 4.29. The molecule has 0 saturated carbocycles. The molecule has 1 aromatic carbocycles. The zero-order valence-electron chi connectivity index (χ0n) is 9.33. The molecule has 0 saturated heterocycles. The first-order chi connectivity index (χ1) is 6.59. The number of aryl methyl sites for hydroxylation is 1. The first-order valence-electron chi connectivity index (χ1n) is 4.96. The molecule has 76 valence electrons. The highest BCUT2D eigenvalue weighted by molar-refractivity contribution is 5.84. The van der Waals surface area contributed by atoms with Crippen LogP contribution >= 0.6 is 0 Å². The monoisotopic (exact) mass is 190 g/mol. The van der Waals surface area contributed by atoms with Gasteiger partial charge in [0.25, 0.3) is 0 Å². The summed E-state index contributed by atoms with van der Waals surface area (Å²) in [7, 11) is 0. The normalized spacial score (nSPS) is 11.9. The Morgan fingerprint density at radius 1 is 1.21 bits per heavy atom. The minimum absolute atomic E-state index is 0.493. The zero-order valence-corrected chi connectivity index (χ0v) is 9.33. The van der Waals surface area contributed by atoms with E-state index in [0.717, 1.165) is 11.4 Å². The van der Waals surface area contributed by atoms with Gasteiger partial charge in [-0.15, -0.1) is 0 Å². The third kappa shape index (κ3) is 3.21. The van der Waals surface area contributed by atoms with Crippen LogP contribution in [0.2, 0.25) is 0 Å². The number of hydrazone groups is 1. The second kappa shape index (κ2) is 4.80. The summed E-state index contributed by atoms with van der Waals surface area (Å²) in [6.45, 7) is 8.38. The molecular weight excluding hydrogens is 172 g/mol. The van der Waals surface area contributed by atoms with Gasteiger partial charge in [0.05, 0.1) is 5.69 Å². The first-order valence-corrected chi connectivity index (χ1v) is 4.96. The van der Waals surface area contributed by atoms with Gasteiger partial charge >= 0.3 is 0 Å². The van der Waals surface area contributed by atoms with E-state index in [-0.39, 0.29) is 0 Å². The molecule has 0 bridgehead atoms. The number of nitrogens with one attached hydrogen (secondary N) is 1. The van der Waals surface area contributed by atoms with Crippen molar-refractivity contribution in [1.29, 1.82) is 0 Å². The van der Waals surface area contributed by atoms with Gasteiger partial charge in [0.1, 0.15) is 0 Å². The van der Waals surface area contributed by atoms with Gasteiger partial charge in [-0.2, -0.15) is 5.10 Å². The maximum Gasteiger partial charge on any atom is 0.0561 e. The van der Waals surface area contributed by atoms with E-state index in [4.69, 9.17) is 0 Å². The van der Waals surface area contributed by atoms with E-state index in [0.29, 0.717) is 5.92 Å². The van der Waals surface area contributed by atoms with Crippen molar-refractivity contribution < 1.29 is 0 Å². The third-order valence-corrected chi connectivity index (χ3v) is 2.25. The smallest absolute Gasteiger partial charge is 0.0561 e. The van der Waals surface area contributed by atoms with Crippen molar-refractivity contribution in [1.82, 2.24) is 0 Å². The van der Waals surface area contributed by atoms with Crippen molar-refractivity contribution in [3.63, 3.8) is 0 Å². The van der Waals surface area contributed by atoms with Crippen LogP contribution in [-0.4, -0.2) is 5.71 Å². The van der Waals surface area contributed by atoms with Crippen LogP contribution in [0, 0.1) is 12.8 Å². The molecule has 1 N–H and O–H groups in total. The summed E-state index contributed by atoms with van der Waals surface area (Å²) in [5.41, 5.74) is 6.46. The van der Waals surface area contributed by atoms with Gasteiger partial charge in [-0.25, -0.2) is 0 Å². The van der Waals surface area contributed by atoms with Gasteiger partial charge in [-0.05, 0) is 31.9 Å².